The summed E-state index contributed by atoms with van der Waals surface area (Å²) in [5.74, 6) is 1.38. The van der Waals surface area contributed by atoms with Gasteiger partial charge in [0.1, 0.15) is 23.3 Å². The van der Waals surface area contributed by atoms with Crippen LogP contribution in [0.5, 0.6) is 0 Å². The third kappa shape index (κ3) is 14.9. The molecule has 13 nitrogen and oxygen atoms in total. The van der Waals surface area contributed by atoms with E-state index in [1.165, 1.54) is 283 Å². The molecule has 5 fully saturated rings. The highest BCUT2D eigenvalue weighted by Gasteiger charge is 2.76. The van der Waals surface area contributed by atoms with Crippen molar-refractivity contribution >= 4 is 54.5 Å². The Morgan fingerprint density at radius 2 is 1.12 bits per heavy atom. The zero-order valence-electron chi connectivity index (χ0n) is 65.2. The number of hydrogen-bond acceptors (Lipinski definition) is 9. The van der Waals surface area contributed by atoms with E-state index in [2.05, 4.69) is 198 Å². The predicted molar refractivity (Wildman–Crippen MR) is 444 cm³/mol. The minimum absolute atomic E-state index is 0. The number of piperidine rings is 2. The van der Waals surface area contributed by atoms with Crippen LogP contribution in [0.3, 0.4) is 0 Å². The van der Waals surface area contributed by atoms with Gasteiger partial charge in [-0.1, -0.05) is 109 Å². The van der Waals surface area contributed by atoms with Crippen LogP contribution in [0.25, 0.3) is 54.5 Å². The van der Waals surface area contributed by atoms with Crippen LogP contribution in [0.1, 0.15) is 208 Å². The third-order valence-electron chi connectivity index (χ3n) is 28.9. The number of ether oxygens (including phenoxy) is 1. The van der Waals surface area contributed by atoms with E-state index in [-0.39, 0.29) is 47.0 Å². The standard InChI is InChI=1S/C36H46N4O.C36H48N4O.C23H29N3.ClH/c1-3-7-13-21-38-34-35(19-11-5-1)25-40-23-14-8-4-2-6-12-20-36(34)33(41-36)30(28(35)18-24-40)32-31-27(17-22-37-32)26-15-9-10-16-29(26)39-31;41-36-18-10-4-1-2-5-11-20-39-22-17-30(35(25-39)23-26-13-7-3-6-12-21-40(26)34(35)36)29(24-36)32-33-28(16-19-37-32)27-14-8-9-15-31(27)38-33;1-2-4-6-10-17-26(16-9-5-3-1)18-14-22-23-20(13-15-24-22)19-11-7-8-12-21(19)25-23;/h1-2,5-6,9-10,15-17,22,28,30,33-34,38-39H,3-4,7-8,11-14,18-21,23-25H2;1,4,7-9,13-15,24,26,30,32,34,37-38,41H,2-3,5-6,10-12,16-23,25H2;1-2,7-8,11-13,15,25H,3-6,9-10,14,16-18H2;1H/b5-1-,6-2-;4-1-,13-7-;2-1-;/t28-,30+,33?,34+,35-,36-;26?,30-,32?,34+,35-,36-;;/m00../s1. The second kappa shape index (κ2) is 33.7. The van der Waals surface area contributed by atoms with Gasteiger partial charge in [0, 0.05) is 118 Å². The smallest absolute Gasteiger partial charge is 0.135 e. The molecule has 7 N–H and O–H groups in total. The second-order valence-electron chi connectivity index (χ2n) is 35.2. The Balaban J connectivity index is 0.000000122. The maximum atomic E-state index is 13.1. The first-order valence-corrected chi connectivity index (χ1v) is 43.6. The number of halogens is 1. The molecule has 8 aromatic rings. The normalized spacial score (nSPS) is 35.2. The molecule has 1 saturated carbocycles. The molecule has 20 rings (SSSR count). The van der Waals surface area contributed by atoms with Crippen molar-refractivity contribution in [3.8, 4) is 0 Å². The summed E-state index contributed by atoms with van der Waals surface area (Å²) in [7, 11) is 0. The monoisotopic (exact) mass is 1490 g/mol. The molecule has 3 aromatic carbocycles. The number of H-pyrrole nitrogens is 3. The Morgan fingerprint density at radius 3 is 1.84 bits per heavy atom. The Kier molecular flexibility index (Phi) is 23.2. The number of nitrogens with one attached hydrogen (secondary N) is 6. The molecule has 6 unspecified atom stereocenters. The summed E-state index contributed by atoms with van der Waals surface area (Å²) >= 11 is 0. The molecule has 5 aromatic heterocycles. The number of benzene rings is 3. The summed E-state index contributed by atoms with van der Waals surface area (Å²) in [5, 5.41) is 28.0. The predicted octanol–water partition coefficient (Wildman–Crippen LogP) is 14.4. The van der Waals surface area contributed by atoms with Crippen LogP contribution in [0, 0.1) is 22.7 Å². The SMILES string of the molecule is C1=C\CCCCN(CCc2nccc3c2[nH]c2ccccc23)CCCC/1.C1=C\CC[C@]23CN4CCCC/C=C\CC[C@@]5(OC5[C@@H](c5nccc6c5[nH]c5ccccc56)[C@@H]2CC4)[C@@H]3NCCCC/1.O[C@]12C=C(C3NCCc4c3[nH]c3ccccc43)[C@@H]3CCN(CCCC/C=C\CC1)C[C@@]31CC3/C=C\CCCC[NH+]3[C@H]12.[Cl-]. The van der Waals surface area contributed by atoms with E-state index in [4.69, 9.17) is 14.7 Å². The highest BCUT2D eigenvalue weighted by molar-refractivity contribution is 6.08. The van der Waals surface area contributed by atoms with E-state index >= 15 is 0 Å². The zero-order valence-corrected chi connectivity index (χ0v) is 65.9. The minimum Gasteiger partial charge on any atom is -1.00 e. The quantitative estimate of drug-likeness (QED) is 0.0662. The molecule has 4 saturated heterocycles. The Hall–Kier alpha value is -6.49. The Morgan fingerprint density at radius 1 is 0.532 bits per heavy atom. The molecular weight excluding hydrogens is 1360 g/mol. The van der Waals surface area contributed by atoms with Gasteiger partial charge in [-0.15, -0.1) is 0 Å². The van der Waals surface area contributed by atoms with Gasteiger partial charge in [-0.25, -0.2) is 0 Å². The number of para-hydroxylation sites is 3. The van der Waals surface area contributed by atoms with Gasteiger partial charge in [-0.2, -0.15) is 0 Å². The van der Waals surface area contributed by atoms with Crippen molar-refractivity contribution in [3.63, 3.8) is 0 Å². The lowest BCUT2D eigenvalue weighted by atomic mass is 9.50. The molecule has 6 bridgehead atoms. The number of pyridine rings is 2. The van der Waals surface area contributed by atoms with Gasteiger partial charge < -0.3 is 67.4 Å². The van der Waals surface area contributed by atoms with E-state index in [1.807, 2.05) is 6.20 Å². The molecule has 109 heavy (non-hydrogen) atoms. The molecule has 3 spiro atoms. The number of rotatable bonds is 5. The number of nitrogens with zero attached hydrogens (tertiary/aromatic N) is 5. The average molecular weight is 1490 g/mol. The van der Waals surface area contributed by atoms with Crippen LogP contribution in [0.15, 0.2) is 170 Å². The molecular formula is C95H124ClN11O2. The number of aliphatic hydroxyl groups is 1. The number of fused-ring (bicyclic) bond motifs is 12. The fraction of sp³-hybridized carbons (Fsp3) is 0.558. The summed E-state index contributed by atoms with van der Waals surface area (Å²) in [4.78, 5) is 31.2. The Bertz CT molecular complexity index is 4600. The molecule has 14 heteroatoms. The van der Waals surface area contributed by atoms with Crippen molar-refractivity contribution in [2.45, 2.75) is 234 Å². The second-order valence-corrected chi connectivity index (χ2v) is 35.2. The highest BCUT2D eigenvalue weighted by atomic mass is 35.5. The molecule has 15 heterocycles. The largest absolute Gasteiger partial charge is 1.00 e. The molecule has 578 valence electrons. The van der Waals surface area contributed by atoms with Crippen molar-refractivity contribution in [2.24, 2.45) is 22.7 Å². The lowest BCUT2D eigenvalue weighted by molar-refractivity contribution is -0.940. The summed E-state index contributed by atoms with van der Waals surface area (Å²) in [5.41, 5.74) is 12.3. The van der Waals surface area contributed by atoms with Gasteiger partial charge in [0.25, 0.3) is 0 Å². The molecule has 15 atom stereocenters. The lowest BCUT2D eigenvalue weighted by Crippen LogP contribution is -3.20. The highest BCUT2D eigenvalue weighted by Crippen LogP contribution is 2.68. The van der Waals surface area contributed by atoms with Crippen LogP contribution in [0.4, 0.5) is 0 Å². The number of allylic oxidation sites excluding steroid dienone is 9. The number of epoxide rings is 1. The third-order valence-corrected chi connectivity index (χ3v) is 28.9. The van der Waals surface area contributed by atoms with Gasteiger partial charge in [0.05, 0.1) is 46.5 Å². The van der Waals surface area contributed by atoms with Gasteiger partial charge >= 0.3 is 0 Å². The fourth-order valence-corrected chi connectivity index (χ4v) is 24.1. The average Bonchev–Trinajstić information content (AvgIpc) is 1.52. The van der Waals surface area contributed by atoms with E-state index in [1.54, 1.807) is 4.90 Å². The van der Waals surface area contributed by atoms with E-state index < -0.39 is 5.60 Å². The van der Waals surface area contributed by atoms with Crippen LogP contribution >= 0.6 is 0 Å². The topological polar surface area (TPSA) is 144 Å². The fourth-order valence-electron chi connectivity index (χ4n) is 24.1. The number of aromatic amines is 3. The van der Waals surface area contributed by atoms with Crippen molar-refractivity contribution in [3.05, 3.63) is 192 Å². The van der Waals surface area contributed by atoms with Crippen LogP contribution in [-0.2, 0) is 17.6 Å². The van der Waals surface area contributed by atoms with Crippen LogP contribution in [-0.4, -0.2) is 159 Å². The summed E-state index contributed by atoms with van der Waals surface area (Å²) in [6.45, 7) is 14.0. The lowest BCUT2D eigenvalue weighted by Gasteiger charge is -2.59. The van der Waals surface area contributed by atoms with E-state index in [9.17, 15) is 5.11 Å². The molecule has 2 aliphatic carbocycles. The first kappa shape index (κ1) is 75.2. The molecule has 0 amide bonds. The molecule has 10 aliphatic heterocycles. The number of quaternary nitrogens is 1. The maximum Gasteiger partial charge on any atom is 0.135 e. The van der Waals surface area contributed by atoms with Crippen LogP contribution < -0.4 is 27.9 Å². The van der Waals surface area contributed by atoms with Gasteiger partial charge in [0.2, 0.25) is 0 Å². The van der Waals surface area contributed by atoms with Crippen molar-refractivity contribution in [2.75, 3.05) is 78.5 Å². The maximum absolute atomic E-state index is 13.1. The van der Waals surface area contributed by atoms with Gasteiger partial charge in [0.15, 0.2) is 0 Å². The first-order valence-electron chi connectivity index (χ1n) is 43.6. The van der Waals surface area contributed by atoms with Crippen molar-refractivity contribution in [1.29, 1.82) is 0 Å². The minimum atomic E-state index is -0.796. The molecule has 0 radical (unpaired) electrons. The number of hydrogen-bond donors (Lipinski definition) is 7. The van der Waals surface area contributed by atoms with Crippen molar-refractivity contribution in [1.82, 2.24) is 50.3 Å². The molecule has 12 aliphatic rings. The summed E-state index contributed by atoms with van der Waals surface area (Å²) in [6, 6.07) is 31.8. The summed E-state index contributed by atoms with van der Waals surface area (Å²) in [6.07, 6.45) is 66.0. The summed E-state index contributed by atoms with van der Waals surface area (Å²) < 4.78 is 7.19. The zero-order chi connectivity index (χ0) is 72.3. The van der Waals surface area contributed by atoms with Crippen LogP contribution in [0.2, 0.25) is 0 Å². The van der Waals surface area contributed by atoms with E-state index in [0.717, 1.165) is 64.7 Å². The Labute approximate surface area is 655 Å². The van der Waals surface area contributed by atoms with E-state index in [0.29, 0.717) is 29.8 Å². The van der Waals surface area contributed by atoms with Gasteiger partial charge in [-0.3, -0.25) is 9.97 Å². The number of aromatic nitrogens is 5. The van der Waals surface area contributed by atoms with Gasteiger partial charge in [-0.05, 0) is 285 Å². The first-order chi connectivity index (χ1) is 53.4. The van der Waals surface area contributed by atoms with Crippen molar-refractivity contribution < 1.29 is 27.2 Å².